The number of carbonyl (C=O) groups is 1. The Hall–Kier alpha value is -3.87. The number of hydrogen-bond acceptors (Lipinski definition) is 5. The van der Waals surface area contributed by atoms with Crippen LogP contribution < -0.4 is 10.1 Å². The topological polar surface area (TPSA) is 82.2 Å². The second-order valence-corrected chi connectivity index (χ2v) is 8.39. The maximum Gasteiger partial charge on any atom is 0.224 e. The average molecular weight is 459 g/mol. The lowest BCUT2D eigenvalue weighted by molar-refractivity contribution is -0.120. The molecule has 4 aromatic rings. The Morgan fingerprint density at radius 1 is 1.03 bits per heavy atom. The Kier molecular flexibility index (Phi) is 7.42. The van der Waals surface area contributed by atoms with E-state index >= 15 is 0 Å². The number of para-hydroxylation sites is 1. The maximum atomic E-state index is 12.3. The van der Waals surface area contributed by atoms with Crippen LogP contribution in [0.1, 0.15) is 40.3 Å². The van der Waals surface area contributed by atoms with E-state index in [4.69, 9.17) is 9.26 Å². The van der Waals surface area contributed by atoms with E-state index in [-0.39, 0.29) is 5.91 Å². The van der Waals surface area contributed by atoms with E-state index in [1.807, 2.05) is 80.1 Å². The first-order valence-corrected chi connectivity index (χ1v) is 11.5. The number of aromatic nitrogens is 3. The summed E-state index contributed by atoms with van der Waals surface area (Å²) in [6, 6.07) is 17.7. The fraction of sp³-hybridized carbons (Fsp3) is 0.296. The van der Waals surface area contributed by atoms with Gasteiger partial charge in [-0.15, -0.1) is 0 Å². The number of nitrogens with one attached hydrogen (secondary N) is 1. The van der Waals surface area contributed by atoms with Crippen molar-refractivity contribution in [1.82, 2.24) is 20.3 Å². The fourth-order valence-corrected chi connectivity index (χ4v) is 3.78. The van der Waals surface area contributed by atoms with Crippen molar-refractivity contribution < 1.29 is 14.1 Å². The predicted octanol–water partition coefficient (Wildman–Crippen LogP) is 4.66. The molecule has 0 atom stereocenters. The molecule has 0 aliphatic rings. The molecule has 0 aliphatic carbocycles. The lowest BCUT2D eigenvalue weighted by Crippen LogP contribution is -2.26. The van der Waals surface area contributed by atoms with Gasteiger partial charge in [-0.25, -0.2) is 4.68 Å². The van der Waals surface area contributed by atoms with Gasteiger partial charge in [0.15, 0.2) is 0 Å². The van der Waals surface area contributed by atoms with Crippen molar-refractivity contribution in [2.24, 2.45) is 0 Å². The van der Waals surface area contributed by atoms with E-state index in [1.165, 1.54) is 5.56 Å². The number of amides is 1. The number of nitrogens with zero attached hydrogens (tertiary/aromatic N) is 3. The largest absolute Gasteiger partial charge is 0.489 e. The minimum atomic E-state index is 0.0149. The molecule has 1 N–H and O–H groups in total. The molecule has 176 valence electrons. The van der Waals surface area contributed by atoms with Crippen molar-refractivity contribution >= 4 is 5.91 Å². The summed E-state index contributed by atoms with van der Waals surface area (Å²) < 4.78 is 12.9. The molecule has 0 saturated carbocycles. The third kappa shape index (κ3) is 5.92. The molecule has 7 heteroatoms. The maximum absolute atomic E-state index is 12.3. The van der Waals surface area contributed by atoms with Gasteiger partial charge in [0, 0.05) is 12.7 Å². The molecule has 4 rings (SSSR count). The summed E-state index contributed by atoms with van der Waals surface area (Å²) in [5.41, 5.74) is 6.02. The molecular formula is C27H30N4O3. The monoisotopic (exact) mass is 458 g/mol. The van der Waals surface area contributed by atoms with Crippen molar-refractivity contribution in [2.75, 3.05) is 6.54 Å². The van der Waals surface area contributed by atoms with Crippen LogP contribution in [0.4, 0.5) is 0 Å². The summed E-state index contributed by atoms with van der Waals surface area (Å²) in [4.78, 5) is 12.3. The van der Waals surface area contributed by atoms with Crippen LogP contribution in [0.2, 0.25) is 0 Å². The molecular weight excluding hydrogens is 428 g/mol. The minimum absolute atomic E-state index is 0.0149. The molecule has 2 aromatic heterocycles. The summed E-state index contributed by atoms with van der Waals surface area (Å²) in [6.45, 7) is 6.84. The van der Waals surface area contributed by atoms with Gasteiger partial charge in [-0.1, -0.05) is 35.5 Å². The highest BCUT2D eigenvalue weighted by molar-refractivity contribution is 5.78. The van der Waals surface area contributed by atoms with Gasteiger partial charge in [-0.05, 0) is 69.0 Å². The summed E-state index contributed by atoms with van der Waals surface area (Å²) in [7, 11) is 0. The Balaban J connectivity index is 1.19. The lowest BCUT2D eigenvalue weighted by Gasteiger charge is -2.08. The SMILES string of the molecule is Cc1nn(-c2ccccc2)cc1CCCNC(=O)Cc1ccc(OCc2c(C)noc2C)cc1. The first-order chi connectivity index (χ1) is 16.5. The van der Waals surface area contributed by atoms with E-state index in [0.717, 1.165) is 52.6 Å². The van der Waals surface area contributed by atoms with Crippen molar-refractivity contribution in [3.63, 3.8) is 0 Å². The zero-order chi connectivity index (χ0) is 23.9. The quantitative estimate of drug-likeness (QED) is 0.350. The van der Waals surface area contributed by atoms with Gasteiger partial charge in [0.2, 0.25) is 5.91 Å². The van der Waals surface area contributed by atoms with Crippen LogP contribution in [0.15, 0.2) is 65.3 Å². The Morgan fingerprint density at radius 3 is 2.50 bits per heavy atom. The van der Waals surface area contributed by atoms with E-state index in [2.05, 4.69) is 21.8 Å². The van der Waals surface area contributed by atoms with Crippen LogP contribution in [0, 0.1) is 20.8 Å². The summed E-state index contributed by atoms with van der Waals surface area (Å²) in [5.74, 6) is 1.53. The molecule has 34 heavy (non-hydrogen) atoms. The van der Waals surface area contributed by atoms with E-state index in [0.29, 0.717) is 19.6 Å². The first kappa shape index (κ1) is 23.3. The molecule has 0 radical (unpaired) electrons. The van der Waals surface area contributed by atoms with Gasteiger partial charge in [0.1, 0.15) is 18.1 Å². The van der Waals surface area contributed by atoms with Crippen molar-refractivity contribution in [3.8, 4) is 11.4 Å². The van der Waals surface area contributed by atoms with Gasteiger partial charge in [-0.3, -0.25) is 4.79 Å². The predicted molar refractivity (Wildman–Crippen MR) is 130 cm³/mol. The summed E-state index contributed by atoms with van der Waals surface area (Å²) >= 11 is 0. The number of ether oxygens (including phenoxy) is 1. The van der Waals surface area contributed by atoms with Gasteiger partial charge in [-0.2, -0.15) is 5.10 Å². The van der Waals surface area contributed by atoms with Gasteiger partial charge >= 0.3 is 0 Å². The molecule has 0 saturated heterocycles. The van der Waals surface area contributed by atoms with Crippen LogP contribution in [-0.4, -0.2) is 27.4 Å². The molecule has 2 heterocycles. The standard InChI is InChI=1S/C27H30N4O3/c1-19-23(17-31(29-19)24-9-5-4-6-10-24)8-7-15-28-27(32)16-22-11-13-25(14-12-22)33-18-26-20(2)30-34-21(26)3/h4-6,9-14,17H,7-8,15-16,18H2,1-3H3,(H,28,32). The number of rotatable bonds is 10. The number of hydrogen-bond donors (Lipinski definition) is 1. The average Bonchev–Trinajstić information content (AvgIpc) is 3.38. The normalized spacial score (nSPS) is 10.9. The molecule has 2 aromatic carbocycles. The smallest absolute Gasteiger partial charge is 0.224 e. The van der Waals surface area contributed by atoms with Crippen LogP contribution in [0.5, 0.6) is 5.75 Å². The van der Waals surface area contributed by atoms with Crippen LogP contribution in [0.25, 0.3) is 5.69 Å². The minimum Gasteiger partial charge on any atom is -0.489 e. The first-order valence-electron chi connectivity index (χ1n) is 11.5. The Bertz CT molecular complexity index is 1210. The zero-order valence-corrected chi connectivity index (χ0v) is 19.9. The summed E-state index contributed by atoms with van der Waals surface area (Å²) in [6.07, 6.45) is 4.15. The highest BCUT2D eigenvalue weighted by Gasteiger charge is 2.10. The molecule has 0 fully saturated rings. The number of benzene rings is 2. The van der Waals surface area contributed by atoms with Gasteiger partial charge in [0.05, 0.1) is 29.1 Å². The molecule has 0 aliphatic heterocycles. The fourth-order valence-electron chi connectivity index (χ4n) is 3.78. The lowest BCUT2D eigenvalue weighted by atomic mass is 10.1. The summed E-state index contributed by atoms with van der Waals surface area (Å²) in [5, 5.41) is 11.6. The molecule has 1 amide bonds. The van der Waals surface area contributed by atoms with Crippen molar-refractivity contribution in [1.29, 1.82) is 0 Å². The Labute approximate surface area is 199 Å². The highest BCUT2D eigenvalue weighted by atomic mass is 16.5. The second kappa shape index (κ2) is 10.8. The third-order valence-corrected chi connectivity index (χ3v) is 5.82. The Morgan fingerprint density at radius 2 is 1.79 bits per heavy atom. The van der Waals surface area contributed by atoms with Crippen molar-refractivity contribution in [3.05, 3.63) is 94.6 Å². The van der Waals surface area contributed by atoms with Crippen LogP contribution in [0.3, 0.4) is 0 Å². The number of carbonyl (C=O) groups excluding carboxylic acids is 1. The number of aryl methyl sites for hydroxylation is 4. The van der Waals surface area contributed by atoms with Crippen LogP contribution >= 0.6 is 0 Å². The highest BCUT2D eigenvalue weighted by Crippen LogP contribution is 2.18. The van der Waals surface area contributed by atoms with Crippen molar-refractivity contribution in [2.45, 2.75) is 46.6 Å². The zero-order valence-electron chi connectivity index (χ0n) is 19.9. The second-order valence-electron chi connectivity index (χ2n) is 8.39. The van der Waals surface area contributed by atoms with E-state index in [1.54, 1.807) is 0 Å². The molecule has 0 unspecified atom stereocenters. The van der Waals surface area contributed by atoms with E-state index in [9.17, 15) is 4.79 Å². The molecule has 7 nitrogen and oxygen atoms in total. The molecule has 0 spiro atoms. The van der Waals surface area contributed by atoms with E-state index < -0.39 is 0 Å². The van der Waals surface area contributed by atoms with Gasteiger partial charge in [0.25, 0.3) is 0 Å². The van der Waals surface area contributed by atoms with Crippen LogP contribution in [-0.2, 0) is 24.2 Å². The molecule has 0 bridgehead atoms. The third-order valence-electron chi connectivity index (χ3n) is 5.82. The van der Waals surface area contributed by atoms with Gasteiger partial charge < -0.3 is 14.6 Å².